The molecule has 4 rings (SSSR count). The molecule has 0 spiro atoms. The molecule has 4 fully saturated rings. The fourth-order valence-corrected chi connectivity index (χ4v) is 7.45. The molecule has 0 heterocycles. The second kappa shape index (κ2) is 4.95. The third-order valence-electron chi connectivity index (χ3n) is 8.58. The van der Waals surface area contributed by atoms with Crippen LogP contribution in [0.1, 0.15) is 78.6 Å². The van der Waals surface area contributed by atoms with E-state index in [9.17, 15) is 4.79 Å². The van der Waals surface area contributed by atoms with Crippen molar-refractivity contribution >= 4 is 5.78 Å². The van der Waals surface area contributed by atoms with Gasteiger partial charge in [-0.15, -0.1) is 0 Å². The lowest BCUT2D eigenvalue weighted by molar-refractivity contribution is -0.116. The Hall–Kier alpha value is -0.590. The van der Waals surface area contributed by atoms with Crippen molar-refractivity contribution in [1.29, 1.82) is 0 Å². The highest BCUT2D eigenvalue weighted by molar-refractivity contribution is 5.99. The molecule has 1 heteroatoms. The van der Waals surface area contributed by atoms with Crippen LogP contribution in [0, 0.1) is 34.5 Å². The van der Waals surface area contributed by atoms with Gasteiger partial charge in [-0.25, -0.2) is 0 Å². The van der Waals surface area contributed by atoms with E-state index in [1.807, 2.05) is 0 Å². The molecule has 0 aromatic carbocycles. The lowest BCUT2D eigenvalue weighted by Crippen LogP contribution is -2.52. The van der Waals surface area contributed by atoms with Crippen molar-refractivity contribution in [2.24, 2.45) is 34.5 Å². The fraction of sp³-hybridized carbons (Fsp3) is 0.857. The van der Waals surface area contributed by atoms with Crippen molar-refractivity contribution < 1.29 is 4.79 Å². The summed E-state index contributed by atoms with van der Waals surface area (Å²) in [4.78, 5) is 12.5. The van der Waals surface area contributed by atoms with Crippen LogP contribution >= 0.6 is 0 Å². The highest BCUT2D eigenvalue weighted by atomic mass is 16.1. The molecular formula is C21H32O. The first-order chi connectivity index (χ1) is 10.5. The summed E-state index contributed by atoms with van der Waals surface area (Å²) in [6.07, 6.45) is 14.3. The van der Waals surface area contributed by atoms with Crippen molar-refractivity contribution in [3.05, 3.63) is 11.6 Å². The largest absolute Gasteiger partial charge is 0.295 e. The van der Waals surface area contributed by atoms with Crippen LogP contribution in [0.5, 0.6) is 0 Å². The van der Waals surface area contributed by atoms with Crippen molar-refractivity contribution in [3.8, 4) is 0 Å². The van der Waals surface area contributed by atoms with Crippen LogP contribution in [0.2, 0.25) is 0 Å². The molecule has 6 unspecified atom stereocenters. The Balaban J connectivity index is 1.69. The Morgan fingerprint density at radius 3 is 2.59 bits per heavy atom. The van der Waals surface area contributed by atoms with E-state index in [0.717, 1.165) is 24.2 Å². The summed E-state index contributed by atoms with van der Waals surface area (Å²) in [7, 11) is 0. The monoisotopic (exact) mass is 300 g/mol. The topological polar surface area (TPSA) is 17.1 Å². The molecule has 0 saturated heterocycles. The van der Waals surface area contributed by atoms with E-state index < -0.39 is 0 Å². The van der Waals surface area contributed by atoms with Crippen molar-refractivity contribution in [2.45, 2.75) is 78.6 Å². The lowest BCUT2D eigenvalue weighted by Gasteiger charge is -2.59. The highest BCUT2D eigenvalue weighted by Gasteiger charge is 2.60. The van der Waals surface area contributed by atoms with Crippen LogP contribution in [0.25, 0.3) is 0 Å². The second-order valence-corrected chi connectivity index (χ2v) is 9.19. The second-order valence-electron chi connectivity index (χ2n) is 9.19. The van der Waals surface area contributed by atoms with Gasteiger partial charge in [0.15, 0.2) is 5.78 Å². The summed E-state index contributed by atoms with van der Waals surface area (Å²) in [5.74, 6) is 3.80. The summed E-state index contributed by atoms with van der Waals surface area (Å²) < 4.78 is 0. The fourth-order valence-electron chi connectivity index (χ4n) is 7.45. The summed E-state index contributed by atoms with van der Waals surface area (Å²) >= 11 is 0. The van der Waals surface area contributed by atoms with E-state index in [1.165, 1.54) is 56.9 Å². The van der Waals surface area contributed by atoms with Crippen molar-refractivity contribution in [3.63, 3.8) is 0 Å². The van der Waals surface area contributed by atoms with Gasteiger partial charge in [-0.1, -0.05) is 32.8 Å². The number of hydrogen-bond acceptors (Lipinski definition) is 1. The molecule has 4 aliphatic carbocycles. The molecule has 0 N–H and O–H groups in total. The van der Waals surface area contributed by atoms with Crippen LogP contribution in [0.15, 0.2) is 11.6 Å². The van der Waals surface area contributed by atoms with E-state index in [-0.39, 0.29) is 5.41 Å². The molecule has 0 aliphatic heterocycles. The van der Waals surface area contributed by atoms with Gasteiger partial charge in [0.1, 0.15) is 0 Å². The van der Waals surface area contributed by atoms with E-state index in [2.05, 4.69) is 26.8 Å². The Morgan fingerprint density at radius 1 is 1.00 bits per heavy atom. The van der Waals surface area contributed by atoms with Gasteiger partial charge in [0.25, 0.3) is 0 Å². The minimum absolute atomic E-state index is 0.199. The third-order valence-corrected chi connectivity index (χ3v) is 8.58. The minimum Gasteiger partial charge on any atom is -0.295 e. The van der Waals surface area contributed by atoms with Crippen LogP contribution in [0.3, 0.4) is 0 Å². The highest BCUT2D eigenvalue weighted by Crippen LogP contribution is 2.66. The van der Waals surface area contributed by atoms with E-state index in [0.29, 0.717) is 17.1 Å². The minimum atomic E-state index is 0.199. The first-order valence-electron chi connectivity index (χ1n) is 9.70. The van der Waals surface area contributed by atoms with Gasteiger partial charge < -0.3 is 0 Å². The number of rotatable bonds is 0. The molecule has 0 radical (unpaired) electrons. The Kier molecular flexibility index (Phi) is 3.37. The Morgan fingerprint density at radius 2 is 1.82 bits per heavy atom. The van der Waals surface area contributed by atoms with Crippen LogP contribution in [-0.4, -0.2) is 5.78 Å². The van der Waals surface area contributed by atoms with Crippen LogP contribution in [-0.2, 0) is 4.79 Å². The zero-order valence-corrected chi connectivity index (χ0v) is 14.7. The molecule has 0 aromatic heterocycles. The van der Waals surface area contributed by atoms with Crippen LogP contribution < -0.4 is 0 Å². The number of ketones is 1. The average molecular weight is 300 g/mol. The number of fused-ring (bicyclic) bond motifs is 5. The summed E-state index contributed by atoms with van der Waals surface area (Å²) in [5, 5.41) is 0. The van der Waals surface area contributed by atoms with Crippen LogP contribution in [0.4, 0.5) is 0 Å². The third kappa shape index (κ3) is 1.80. The molecular weight excluding hydrogens is 268 g/mol. The molecule has 0 amide bonds. The summed E-state index contributed by atoms with van der Waals surface area (Å²) in [6.45, 7) is 7.10. The maximum atomic E-state index is 12.5. The smallest absolute Gasteiger partial charge is 0.159 e. The van der Waals surface area contributed by atoms with E-state index in [1.54, 1.807) is 0 Å². The van der Waals surface area contributed by atoms with Gasteiger partial charge in [0, 0.05) is 6.42 Å². The van der Waals surface area contributed by atoms with Gasteiger partial charge in [-0.2, -0.15) is 0 Å². The van der Waals surface area contributed by atoms with Gasteiger partial charge in [-0.3, -0.25) is 4.79 Å². The summed E-state index contributed by atoms with van der Waals surface area (Å²) in [6, 6.07) is 0. The zero-order valence-electron chi connectivity index (χ0n) is 14.7. The number of Topliss-reactive ketones (excluding diaryl/α,β-unsaturated/α-hetero) is 1. The first kappa shape index (κ1) is 15.0. The molecule has 6 atom stereocenters. The zero-order chi connectivity index (χ0) is 15.5. The predicted molar refractivity (Wildman–Crippen MR) is 90.5 cm³/mol. The molecule has 4 saturated carbocycles. The molecule has 0 aromatic rings. The Labute approximate surface area is 135 Å². The molecule has 122 valence electrons. The van der Waals surface area contributed by atoms with Gasteiger partial charge in [0.2, 0.25) is 0 Å². The van der Waals surface area contributed by atoms with E-state index in [4.69, 9.17) is 0 Å². The number of carbonyl (C=O) groups excluding carboxylic acids is 1. The normalized spacial score (nSPS) is 53.0. The average Bonchev–Trinajstić information content (AvgIpc) is 2.76. The Bertz CT molecular complexity index is 518. The first-order valence-corrected chi connectivity index (χ1v) is 9.70. The maximum Gasteiger partial charge on any atom is 0.159 e. The van der Waals surface area contributed by atoms with E-state index >= 15 is 0 Å². The predicted octanol–water partition coefficient (Wildman–Crippen LogP) is 5.54. The molecule has 4 aliphatic rings. The number of allylic oxidation sites excluding steroid dienone is 2. The number of carbonyl (C=O) groups is 1. The SMILES string of the molecule is CC=C1C(=O)CC2C3CCC4CCCCC4(C)C3CCC12C. The van der Waals surface area contributed by atoms with Crippen molar-refractivity contribution in [2.75, 3.05) is 0 Å². The molecule has 0 bridgehead atoms. The van der Waals surface area contributed by atoms with Gasteiger partial charge in [-0.05, 0) is 85.5 Å². The summed E-state index contributed by atoms with van der Waals surface area (Å²) in [5.41, 5.74) is 1.96. The van der Waals surface area contributed by atoms with Gasteiger partial charge in [0.05, 0.1) is 0 Å². The maximum absolute atomic E-state index is 12.5. The van der Waals surface area contributed by atoms with Crippen molar-refractivity contribution in [1.82, 2.24) is 0 Å². The molecule has 22 heavy (non-hydrogen) atoms. The molecule has 1 nitrogen and oxygen atoms in total. The lowest BCUT2D eigenvalue weighted by atomic mass is 9.45. The quantitative estimate of drug-likeness (QED) is 0.536. The van der Waals surface area contributed by atoms with Gasteiger partial charge >= 0.3 is 0 Å². The standard InChI is InChI=1S/C21H32O/c1-4-16-19(22)13-18-15-9-8-14-7-5-6-11-20(14,2)17(15)10-12-21(16,18)3/h4,14-15,17-18H,5-13H2,1-3H3. The number of hydrogen-bond donors (Lipinski definition) is 0.